The predicted octanol–water partition coefficient (Wildman–Crippen LogP) is 2.38. The van der Waals surface area contributed by atoms with E-state index < -0.39 is 0 Å². The van der Waals surface area contributed by atoms with Crippen molar-refractivity contribution in [2.75, 3.05) is 13.6 Å². The van der Waals surface area contributed by atoms with E-state index in [0.717, 1.165) is 18.5 Å². The number of hydrogen-bond donors (Lipinski definition) is 1. The number of rotatable bonds is 5. The Bertz CT molecular complexity index is 207. The molecule has 0 amide bonds. The summed E-state index contributed by atoms with van der Waals surface area (Å²) in [5, 5.41) is 0. The van der Waals surface area contributed by atoms with Gasteiger partial charge >= 0.3 is 0 Å². The maximum atomic E-state index is 6.01. The first-order chi connectivity index (χ1) is 7.15. The average Bonchev–Trinajstić information content (AvgIpc) is 2.87. The average molecular weight is 210 g/mol. The van der Waals surface area contributed by atoms with Crippen LogP contribution in [0.25, 0.3) is 0 Å². The summed E-state index contributed by atoms with van der Waals surface area (Å²) in [5.74, 6) is 0.974. The molecule has 15 heavy (non-hydrogen) atoms. The fraction of sp³-hybridized carbons (Fsp3) is 1.00. The molecule has 1 unspecified atom stereocenters. The number of hydrogen-bond acceptors (Lipinski definition) is 2. The van der Waals surface area contributed by atoms with Gasteiger partial charge < -0.3 is 5.73 Å². The summed E-state index contributed by atoms with van der Waals surface area (Å²) in [6, 6.07) is 0.803. The van der Waals surface area contributed by atoms with Crippen molar-refractivity contribution in [2.45, 2.75) is 63.5 Å². The molecule has 2 aliphatic rings. The minimum atomic E-state index is 0.260. The summed E-state index contributed by atoms with van der Waals surface area (Å²) >= 11 is 0. The third-order valence-corrected chi connectivity index (χ3v) is 4.59. The third kappa shape index (κ3) is 2.54. The van der Waals surface area contributed by atoms with Crippen LogP contribution in [0.5, 0.6) is 0 Å². The Labute approximate surface area is 94.2 Å². The highest BCUT2D eigenvalue weighted by molar-refractivity contribution is 4.95. The zero-order chi connectivity index (χ0) is 10.9. The number of nitrogens with two attached hydrogens (primary N) is 1. The van der Waals surface area contributed by atoms with Crippen molar-refractivity contribution in [3.05, 3.63) is 0 Å². The van der Waals surface area contributed by atoms with Crippen molar-refractivity contribution in [3.63, 3.8) is 0 Å². The van der Waals surface area contributed by atoms with E-state index in [-0.39, 0.29) is 5.54 Å². The molecule has 2 fully saturated rings. The third-order valence-electron chi connectivity index (χ3n) is 4.59. The minimum Gasteiger partial charge on any atom is -0.329 e. The Kier molecular flexibility index (Phi) is 3.36. The molecule has 0 aliphatic heterocycles. The van der Waals surface area contributed by atoms with Crippen LogP contribution in [0.15, 0.2) is 0 Å². The molecule has 2 N–H and O–H groups in total. The lowest BCUT2D eigenvalue weighted by Crippen LogP contribution is -2.53. The quantitative estimate of drug-likeness (QED) is 0.755. The smallest absolute Gasteiger partial charge is 0.0306 e. The van der Waals surface area contributed by atoms with Crippen LogP contribution < -0.4 is 5.73 Å². The standard InChI is InChI=1S/C13H26N2/c1-13(10-14,9-11-7-8-11)15(2)12-5-3-4-6-12/h11-12H,3-10,14H2,1-2H3. The van der Waals surface area contributed by atoms with Crippen molar-refractivity contribution in [1.82, 2.24) is 4.90 Å². The predicted molar refractivity (Wildman–Crippen MR) is 64.8 cm³/mol. The summed E-state index contributed by atoms with van der Waals surface area (Å²) in [6.07, 6.45) is 9.80. The first kappa shape index (κ1) is 11.4. The van der Waals surface area contributed by atoms with Crippen LogP contribution >= 0.6 is 0 Å². The van der Waals surface area contributed by atoms with Crippen LogP contribution in [0.1, 0.15) is 51.9 Å². The normalized spacial score (nSPS) is 27.2. The topological polar surface area (TPSA) is 29.3 Å². The zero-order valence-electron chi connectivity index (χ0n) is 10.3. The summed E-state index contributed by atoms with van der Waals surface area (Å²) < 4.78 is 0. The first-order valence-corrected chi connectivity index (χ1v) is 6.59. The highest BCUT2D eigenvalue weighted by atomic mass is 15.2. The Hall–Kier alpha value is -0.0800. The van der Waals surface area contributed by atoms with Crippen molar-refractivity contribution in [3.8, 4) is 0 Å². The van der Waals surface area contributed by atoms with E-state index in [1.165, 1.54) is 44.9 Å². The van der Waals surface area contributed by atoms with Crippen LogP contribution in [0.4, 0.5) is 0 Å². The summed E-state index contributed by atoms with van der Waals surface area (Å²) in [5.41, 5.74) is 6.27. The molecular formula is C13H26N2. The van der Waals surface area contributed by atoms with E-state index in [1.54, 1.807) is 0 Å². The minimum absolute atomic E-state index is 0.260. The first-order valence-electron chi connectivity index (χ1n) is 6.59. The lowest BCUT2D eigenvalue weighted by atomic mass is 9.91. The molecule has 0 bridgehead atoms. The zero-order valence-corrected chi connectivity index (χ0v) is 10.3. The van der Waals surface area contributed by atoms with E-state index in [4.69, 9.17) is 5.73 Å². The molecule has 2 heteroatoms. The van der Waals surface area contributed by atoms with Crippen molar-refractivity contribution in [1.29, 1.82) is 0 Å². The molecule has 2 saturated carbocycles. The maximum Gasteiger partial charge on any atom is 0.0306 e. The van der Waals surface area contributed by atoms with Crippen molar-refractivity contribution >= 4 is 0 Å². The Balaban J connectivity index is 1.95. The Morgan fingerprint density at radius 2 is 1.80 bits per heavy atom. The number of likely N-dealkylation sites (N-methyl/N-ethyl adjacent to an activating group) is 1. The Morgan fingerprint density at radius 1 is 1.20 bits per heavy atom. The van der Waals surface area contributed by atoms with Gasteiger partial charge in [-0.15, -0.1) is 0 Å². The van der Waals surface area contributed by atoms with Gasteiger partial charge in [0.25, 0.3) is 0 Å². The molecule has 0 spiro atoms. The van der Waals surface area contributed by atoms with Gasteiger partial charge in [-0.25, -0.2) is 0 Å². The monoisotopic (exact) mass is 210 g/mol. The van der Waals surface area contributed by atoms with E-state index >= 15 is 0 Å². The molecular weight excluding hydrogens is 184 g/mol. The molecule has 2 nitrogen and oxygen atoms in total. The van der Waals surface area contributed by atoms with Crippen LogP contribution in [-0.4, -0.2) is 30.1 Å². The van der Waals surface area contributed by atoms with E-state index in [2.05, 4.69) is 18.9 Å². The molecule has 0 saturated heterocycles. The van der Waals surface area contributed by atoms with Gasteiger partial charge in [0.1, 0.15) is 0 Å². The summed E-state index contributed by atoms with van der Waals surface area (Å²) in [4.78, 5) is 2.60. The largest absolute Gasteiger partial charge is 0.329 e. The summed E-state index contributed by atoms with van der Waals surface area (Å²) in [7, 11) is 2.30. The van der Waals surface area contributed by atoms with Gasteiger partial charge in [0, 0.05) is 18.1 Å². The highest BCUT2D eigenvalue weighted by Crippen LogP contribution is 2.40. The second-order valence-corrected chi connectivity index (χ2v) is 5.90. The van der Waals surface area contributed by atoms with E-state index in [9.17, 15) is 0 Å². The van der Waals surface area contributed by atoms with Gasteiger partial charge in [0.2, 0.25) is 0 Å². The SMILES string of the molecule is CN(C1CCCC1)C(C)(CN)CC1CC1. The molecule has 2 aliphatic carbocycles. The molecule has 0 radical (unpaired) electrons. The molecule has 0 aromatic carbocycles. The van der Waals surface area contributed by atoms with Crippen molar-refractivity contribution in [2.24, 2.45) is 11.7 Å². The second kappa shape index (κ2) is 4.42. The van der Waals surface area contributed by atoms with Gasteiger partial charge in [0.05, 0.1) is 0 Å². The lowest BCUT2D eigenvalue weighted by Gasteiger charge is -2.42. The van der Waals surface area contributed by atoms with Gasteiger partial charge in [-0.3, -0.25) is 4.90 Å². The molecule has 0 aromatic rings. The second-order valence-electron chi connectivity index (χ2n) is 5.90. The molecule has 0 heterocycles. The molecule has 88 valence electrons. The van der Waals surface area contributed by atoms with Crippen LogP contribution in [0.2, 0.25) is 0 Å². The van der Waals surface area contributed by atoms with Gasteiger partial charge in [-0.1, -0.05) is 25.7 Å². The highest BCUT2D eigenvalue weighted by Gasteiger charge is 2.38. The van der Waals surface area contributed by atoms with E-state index in [0.29, 0.717) is 0 Å². The molecule has 1 atom stereocenters. The van der Waals surface area contributed by atoms with Crippen LogP contribution in [-0.2, 0) is 0 Å². The lowest BCUT2D eigenvalue weighted by molar-refractivity contribution is 0.0813. The fourth-order valence-electron chi connectivity index (χ4n) is 3.05. The van der Waals surface area contributed by atoms with Gasteiger partial charge in [-0.2, -0.15) is 0 Å². The van der Waals surface area contributed by atoms with Crippen molar-refractivity contribution < 1.29 is 0 Å². The van der Waals surface area contributed by atoms with Crippen LogP contribution in [0.3, 0.4) is 0 Å². The maximum absolute atomic E-state index is 6.01. The number of nitrogens with zero attached hydrogens (tertiary/aromatic N) is 1. The Morgan fingerprint density at radius 3 is 2.27 bits per heavy atom. The summed E-state index contributed by atoms with van der Waals surface area (Å²) in [6.45, 7) is 3.18. The fourth-order valence-corrected chi connectivity index (χ4v) is 3.05. The molecule has 2 rings (SSSR count). The van der Waals surface area contributed by atoms with E-state index in [1.807, 2.05) is 0 Å². The van der Waals surface area contributed by atoms with Crippen LogP contribution in [0, 0.1) is 5.92 Å². The van der Waals surface area contributed by atoms with Gasteiger partial charge in [-0.05, 0) is 39.2 Å². The van der Waals surface area contributed by atoms with Gasteiger partial charge in [0.15, 0.2) is 0 Å². The molecule has 0 aromatic heterocycles.